The van der Waals surface area contributed by atoms with E-state index in [1.807, 2.05) is 0 Å². The number of ether oxygens (including phenoxy) is 1. The first-order valence-electron chi connectivity index (χ1n) is 9.10. The maximum atomic E-state index is 12.9. The molecule has 3 N–H and O–H groups in total. The molecule has 1 aromatic rings. The molecule has 0 unspecified atom stereocenters. The third kappa shape index (κ3) is 4.07. The molecule has 2 fully saturated rings. The minimum absolute atomic E-state index is 0.0699. The van der Waals surface area contributed by atoms with Crippen LogP contribution in [0.3, 0.4) is 0 Å². The van der Waals surface area contributed by atoms with Crippen LogP contribution < -0.4 is 10.6 Å². The molecule has 2 atom stereocenters. The van der Waals surface area contributed by atoms with E-state index in [0.717, 1.165) is 29.1 Å². The molecule has 0 radical (unpaired) electrons. The zero-order valence-corrected chi connectivity index (χ0v) is 17.7. The molecule has 164 valence electrons. The number of carbonyl (C=O) groups is 4. The van der Waals surface area contributed by atoms with E-state index in [9.17, 15) is 24.3 Å². The maximum Gasteiger partial charge on any atom is 0.356 e. The highest BCUT2D eigenvalue weighted by atomic mass is 32.2. The van der Waals surface area contributed by atoms with Crippen LogP contribution in [-0.2, 0) is 28.8 Å². The Morgan fingerprint density at radius 1 is 1.42 bits per heavy atom. The number of aromatic nitrogens is 1. The predicted octanol–water partition coefficient (Wildman–Crippen LogP) is -0.0630. The molecule has 0 bridgehead atoms. The van der Waals surface area contributed by atoms with Crippen molar-refractivity contribution in [3.05, 3.63) is 22.5 Å². The van der Waals surface area contributed by atoms with Gasteiger partial charge in [-0.05, 0) is 12.8 Å². The summed E-state index contributed by atoms with van der Waals surface area (Å²) in [7, 11) is 1.34. The fraction of sp³-hybridized carbons (Fsp3) is 0.412. The second kappa shape index (κ2) is 8.55. The molecule has 3 heterocycles. The molecule has 3 aliphatic rings. The Kier molecular flexibility index (Phi) is 5.82. The van der Waals surface area contributed by atoms with Gasteiger partial charge in [0.05, 0.1) is 12.9 Å². The van der Waals surface area contributed by atoms with Gasteiger partial charge in [0, 0.05) is 5.38 Å². The van der Waals surface area contributed by atoms with E-state index in [2.05, 4.69) is 20.8 Å². The summed E-state index contributed by atoms with van der Waals surface area (Å²) in [6, 6.07) is -0.942. The number of nitrogens with zero attached hydrogens (tertiary/aromatic N) is 3. The van der Waals surface area contributed by atoms with Gasteiger partial charge in [0.2, 0.25) is 6.41 Å². The van der Waals surface area contributed by atoms with Crippen molar-refractivity contribution in [2.75, 3.05) is 18.2 Å². The smallest absolute Gasteiger partial charge is 0.356 e. The topological polar surface area (TPSA) is 160 Å². The van der Waals surface area contributed by atoms with Crippen LogP contribution in [0, 0.1) is 0 Å². The summed E-state index contributed by atoms with van der Waals surface area (Å²) in [5, 5.41) is 19.6. The van der Waals surface area contributed by atoms with E-state index in [1.165, 1.54) is 24.3 Å². The number of nitrogens with one attached hydrogen (secondary N) is 2. The molecule has 31 heavy (non-hydrogen) atoms. The fourth-order valence-corrected chi connectivity index (χ4v) is 4.93. The van der Waals surface area contributed by atoms with Gasteiger partial charge in [-0.25, -0.2) is 9.78 Å². The van der Waals surface area contributed by atoms with E-state index in [4.69, 9.17) is 9.57 Å². The van der Waals surface area contributed by atoms with E-state index in [-0.39, 0.29) is 39.9 Å². The number of hydrogen-bond acceptors (Lipinski definition) is 10. The zero-order valence-electron chi connectivity index (χ0n) is 16.1. The number of hydrogen-bond donors (Lipinski definition) is 3. The van der Waals surface area contributed by atoms with Crippen molar-refractivity contribution < 1.29 is 33.9 Å². The summed E-state index contributed by atoms with van der Waals surface area (Å²) < 4.78 is 5.08. The third-order valence-corrected chi connectivity index (χ3v) is 6.66. The van der Waals surface area contributed by atoms with Crippen LogP contribution >= 0.6 is 23.1 Å². The summed E-state index contributed by atoms with van der Waals surface area (Å²) in [5.41, 5.74) is -0.183. The van der Waals surface area contributed by atoms with Gasteiger partial charge < -0.3 is 25.3 Å². The van der Waals surface area contributed by atoms with Crippen molar-refractivity contribution in [1.82, 2.24) is 15.2 Å². The largest absolute Gasteiger partial charge is 0.498 e. The Morgan fingerprint density at radius 2 is 2.19 bits per heavy atom. The number of carboxylic acids is 1. The van der Waals surface area contributed by atoms with Crippen LogP contribution in [0.25, 0.3) is 0 Å². The Morgan fingerprint density at radius 3 is 2.84 bits per heavy atom. The number of carboxylic acid groups (broad SMARTS) is 1. The number of rotatable bonds is 9. The quantitative estimate of drug-likeness (QED) is 0.196. The minimum Gasteiger partial charge on any atom is -0.498 e. The van der Waals surface area contributed by atoms with Gasteiger partial charge >= 0.3 is 5.97 Å². The number of aliphatic carboxylic acids is 1. The summed E-state index contributed by atoms with van der Waals surface area (Å²) in [6.45, 7) is 0. The zero-order chi connectivity index (χ0) is 22.1. The highest BCUT2D eigenvalue weighted by Gasteiger charge is 2.55. The van der Waals surface area contributed by atoms with Gasteiger partial charge in [0.25, 0.3) is 11.8 Å². The van der Waals surface area contributed by atoms with E-state index in [1.54, 1.807) is 0 Å². The number of thioether (sulfide) groups is 1. The first kappa shape index (κ1) is 21.1. The van der Waals surface area contributed by atoms with Crippen molar-refractivity contribution in [3.63, 3.8) is 0 Å². The number of fused-ring (bicyclic) bond motifs is 1. The molecule has 0 spiro atoms. The molecule has 1 aromatic heterocycles. The lowest BCUT2D eigenvalue weighted by Gasteiger charge is -2.48. The molecule has 14 heteroatoms. The van der Waals surface area contributed by atoms with E-state index >= 15 is 0 Å². The van der Waals surface area contributed by atoms with Crippen LogP contribution in [0.2, 0.25) is 0 Å². The Bertz CT molecular complexity index is 1000. The Balaban J connectivity index is 1.52. The number of amides is 3. The third-order valence-electron chi connectivity index (χ3n) is 4.63. The highest BCUT2D eigenvalue weighted by Crippen LogP contribution is 2.40. The molecule has 4 rings (SSSR count). The van der Waals surface area contributed by atoms with Gasteiger partial charge in [-0.3, -0.25) is 19.3 Å². The van der Waals surface area contributed by atoms with Gasteiger partial charge in [-0.15, -0.1) is 23.1 Å². The van der Waals surface area contributed by atoms with Crippen LogP contribution in [0.4, 0.5) is 5.13 Å². The van der Waals surface area contributed by atoms with Crippen LogP contribution in [-0.4, -0.2) is 75.3 Å². The van der Waals surface area contributed by atoms with Gasteiger partial charge in [-0.2, -0.15) is 0 Å². The Labute approximate surface area is 183 Å². The van der Waals surface area contributed by atoms with Crippen LogP contribution in [0.15, 0.2) is 22.0 Å². The monoisotopic (exact) mass is 467 g/mol. The first-order chi connectivity index (χ1) is 14.9. The number of methoxy groups -OCH3 is 1. The molecule has 12 nitrogen and oxygen atoms in total. The summed E-state index contributed by atoms with van der Waals surface area (Å²) in [6.07, 6.45) is 2.05. The highest BCUT2D eigenvalue weighted by molar-refractivity contribution is 8.00. The van der Waals surface area contributed by atoms with Gasteiger partial charge in [0.1, 0.15) is 29.0 Å². The average molecular weight is 467 g/mol. The lowest BCUT2D eigenvalue weighted by molar-refractivity contribution is -0.150. The summed E-state index contributed by atoms with van der Waals surface area (Å²) >= 11 is 2.38. The van der Waals surface area contributed by atoms with Crippen molar-refractivity contribution in [2.45, 2.75) is 30.4 Å². The molecule has 2 aliphatic heterocycles. The van der Waals surface area contributed by atoms with Crippen molar-refractivity contribution in [1.29, 1.82) is 0 Å². The molecule has 1 aliphatic carbocycles. The second-order valence-electron chi connectivity index (χ2n) is 6.69. The molecule has 1 saturated heterocycles. The average Bonchev–Trinajstić information content (AvgIpc) is 3.48. The second-order valence-corrected chi connectivity index (χ2v) is 8.65. The molecular formula is C17H17N5O7S2. The normalized spacial score (nSPS) is 22.9. The number of β-lactam (4-membered cyclic amide) rings is 1. The molecule has 0 aromatic carbocycles. The number of carbonyl (C=O) groups excluding carboxylic acids is 3. The van der Waals surface area contributed by atoms with Gasteiger partial charge in [0.15, 0.2) is 16.5 Å². The number of anilines is 1. The molecule has 1 saturated carbocycles. The minimum atomic E-state index is -1.28. The van der Waals surface area contributed by atoms with Crippen molar-refractivity contribution in [2.24, 2.45) is 5.16 Å². The molecular weight excluding hydrogens is 450 g/mol. The summed E-state index contributed by atoms with van der Waals surface area (Å²) in [4.78, 5) is 58.3. The maximum absolute atomic E-state index is 12.9. The van der Waals surface area contributed by atoms with Crippen molar-refractivity contribution >= 4 is 58.1 Å². The van der Waals surface area contributed by atoms with E-state index < -0.39 is 29.2 Å². The first-order valence-corrected chi connectivity index (χ1v) is 11.0. The van der Waals surface area contributed by atoms with Gasteiger partial charge in [-0.1, -0.05) is 5.16 Å². The Hall–Kier alpha value is -3.13. The standard InChI is InChI=1S/C17H17N5O7S2/c1-28-9-5-30-15-11(14(25)22(15)12(9)16(26)27)20-13(24)10(21-29-7-2-3-7)8-4-31-17(19-8)18-6-23/h4,6-7,11,15H,2-3,5H2,1H3,(H,20,24)(H,26,27)(H,18,19,23)/b21-10-/t11-,15-/m1/s1. The molecule has 3 amide bonds. The van der Waals surface area contributed by atoms with Crippen LogP contribution in [0.1, 0.15) is 18.5 Å². The lowest BCUT2D eigenvalue weighted by atomic mass is 10.0. The number of oxime groups is 1. The van der Waals surface area contributed by atoms with E-state index in [0.29, 0.717) is 6.41 Å². The summed E-state index contributed by atoms with van der Waals surface area (Å²) in [5.74, 6) is -2.11. The predicted molar refractivity (Wildman–Crippen MR) is 109 cm³/mol. The van der Waals surface area contributed by atoms with Crippen LogP contribution in [0.5, 0.6) is 0 Å². The van der Waals surface area contributed by atoms with Crippen molar-refractivity contribution in [3.8, 4) is 0 Å². The lowest BCUT2D eigenvalue weighted by Crippen LogP contribution is -2.71. The SMILES string of the molecule is COC1=C(C(=O)O)N2C(=O)[C@@H](NC(=O)/C(=N\OC3CC3)c3csc(NC=O)n3)[C@H]2SC1. The number of thiazole rings is 1. The fourth-order valence-electron chi connectivity index (χ4n) is 2.96.